The molecule has 0 aliphatic heterocycles. The van der Waals surface area contributed by atoms with Crippen LogP contribution in [-0.4, -0.2) is 21.6 Å². The Balaban J connectivity index is 2.25. The largest absolute Gasteiger partial charge is 0.479 e. The molecule has 5 nitrogen and oxygen atoms in total. The molecule has 106 valence electrons. The molecule has 1 atom stereocenters. The molecule has 8 heteroatoms. The molecule has 0 radical (unpaired) electrons. The molecule has 0 saturated heterocycles. The van der Waals surface area contributed by atoms with Gasteiger partial charge in [0.1, 0.15) is 10.8 Å². The fourth-order valence-corrected chi connectivity index (χ4v) is 2.82. The first kappa shape index (κ1) is 14.9. The minimum atomic E-state index is -1.13. The van der Waals surface area contributed by atoms with E-state index in [2.05, 4.69) is 5.32 Å². The molecule has 1 amide bonds. The Bertz CT molecular complexity index is 652. The molecule has 0 spiro atoms. The molecule has 2 rings (SSSR count). The Labute approximate surface area is 128 Å². The topological polar surface area (TPSA) is 71.3 Å². The monoisotopic (exact) mass is 332 g/mol. The number of amides is 1. The zero-order valence-corrected chi connectivity index (χ0v) is 12.6. The number of thiophene rings is 1. The molecule has 2 heterocycles. The summed E-state index contributed by atoms with van der Waals surface area (Å²) in [6.45, 7) is 0. The minimum absolute atomic E-state index is 0.197. The van der Waals surface area contributed by atoms with E-state index in [-0.39, 0.29) is 15.9 Å². The number of carboxylic acids is 1. The van der Waals surface area contributed by atoms with Gasteiger partial charge in [-0.1, -0.05) is 29.3 Å². The van der Waals surface area contributed by atoms with E-state index in [0.717, 1.165) is 0 Å². The predicted molar refractivity (Wildman–Crippen MR) is 77.6 cm³/mol. The SMILES string of the molecule is Cn1c(C(=O)NC(C(=O)O)c2cccs2)cc(Cl)c1Cl. The number of carboxylic acid groups (broad SMARTS) is 1. The van der Waals surface area contributed by atoms with Crippen LogP contribution in [0.15, 0.2) is 23.6 Å². The Morgan fingerprint density at radius 1 is 1.45 bits per heavy atom. The summed E-state index contributed by atoms with van der Waals surface area (Å²) in [5.41, 5.74) is 0.197. The van der Waals surface area contributed by atoms with Gasteiger partial charge >= 0.3 is 5.97 Å². The maximum atomic E-state index is 12.1. The van der Waals surface area contributed by atoms with Crippen molar-refractivity contribution < 1.29 is 14.7 Å². The number of halogens is 2. The van der Waals surface area contributed by atoms with E-state index in [1.54, 1.807) is 24.6 Å². The zero-order valence-electron chi connectivity index (χ0n) is 10.3. The molecule has 0 aliphatic rings. The molecular formula is C12H10Cl2N2O3S. The second-order valence-corrected chi connectivity index (χ2v) is 5.73. The first-order chi connectivity index (χ1) is 9.41. The summed E-state index contributed by atoms with van der Waals surface area (Å²) in [6, 6.07) is 3.66. The van der Waals surface area contributed by atoms with Crippen LogP contribution in [0.4, 0.5) is 0 Å². The maximum Gasteiger partial charge on any atom is 0.331 e. The van der Waals surface area contributed by atoms with E-state index in [1.807, 2.05) is 0 Å². The number of carbonyl (C=O) groups excluding carboxylic acids is 1. The van der Waals surface area contributed by atoms with E-state index in [4.69, 9.17) is 23.2 Å². The average Bonchev–Trinajstić information content (AvgIpc) is 3.00. The van der Waals surface area contributed by atoms with Crippen LogP contribution in [-0.2, 0) is 11.8 Å². The molecule has 2 N–H and O–H groups in total. The fourth-order valence-electron chi connectivity index (χ4n) is 1.68. The second-order valence-electron chi connectivity index (χ2n) is 3.99. The average molecular weight is 333 g/mol. The number of nitrogens with one attached hydrogen (secondary N) is 1. The fraction of sp³-hybridized carbons (Fsp3) is 0.167. The summed E-state index contributed by atoms with van der Waals surface area (Å²) in [4.78, 5) is 23.9. The van der Waals surface area contributed by atoms with Crippen molar-refractivity contribution in [3.8, 4) is 0 Å². The van der Waals surface area contributed by atoms with Crippen LogP contribution in [0.3, 0.4) is 0 Å². The van der Waals surface area contributed by atoms with Gasteiger partial charge in [-0.15, -0.1) is 11.3 Å². The molecule has 0 aromatic carbocycles. The summed E-state index contributed by atoms with van der Waals surface area (Å²) in [5, 5.41) is 13.9. The van der Waals surface area contributed by atoms with Crippen molar-refractivity contribution in [2.45, 2.75) is 6.04 Å². The van der Waals surface area contributed by atoms with Gasteiger partial charge in [0.2, 0.25) is 0 Å². The Morgan fingerprint density at radius 2 is 2.15 bits per heavy atom. The third-order valence-electron chi connectivity index (χ3n) is 2.70. The van der Waals surface area contributed by atoms with Crippen LogP contribution in [0, 0.1) is 0 Å². The lowest BCUT2D eigenvalue weighted by Crippen LogP contribution is -2.34. The normalized spacial score (nSPS) is 12.2. The number of aromatic nitrogens is 1. The molecule has 0 fully saturated rings. The zero-order chi connectivity index (χ0) is 14.9. The first-order valence-corrected chi connectivity index (χ1v) is 7.13. The molecule has 1 unspecified atom stereocenters. The highest BCUT2D eigenvalue weighted by atomic mass is 35.5. The quantitative estimate of drug-likeness (QED) is 0.904. The Morgan fingerprint density at radius 3 is 2.60 bits per heavy atom. The lowest BCUT2D eigenvalue weighted by molar-refractivity contribution is -0.139. The summed E-state index contributed by atoms with van der Waals surface area (Å²) in [7, 11) is 1.57. The number of nitrogens with zero attached hydrogens (tertiary/aromatic N) is 1. The molecule has 2 aromatic heterocycles. The highest BCUT2D eigenvalue weighted by Gasteiger charge is 2.25. The van der Waals surface area contributed by atoms with Gasteiger partial charge in [-0.3, -0.25) is 4.79 Å². The minimum Gasteiger partial charge on any atom is -0.479 e. The molecular weight excluding hydrogens is 323 g/mol. The van der Waals surface area contributed by atoms with Crippen LogP contribution in [0.1, 0.15) is 21.4 Å². The van der Waals surface area contributed by atoms with E-state index < -0.39 is 17.9 Å². The first-order valence-electron chi connectivity index (χ1n) is 5.49. The van der Waals surface area contributed by atoms with Crippen LogP contribution in [0.5, 0.6) is 0 Å². The highest BCUT2D eigenvalue weighted by Crippen LogP contribution is 2.26. The molecule has 0 aliphatic carbocycles. The van der Waals surface area contributed by atoms with Crippen molar-refractivity contribution in [1.82, 2.24) is 9.88 Å². The van der Waals surface area contributed by atoms with E-state index >= 15 is 0 Å². The van der Waals surface area contributed by atoms with Gasteiger partial charge in [0.05, 0.1) is 5.02 Å². The number of carbonyl (C=O) groups is 2. The summed E-state index contributed by atoms with van der Waals surface area (Å²) >= 11 is 13.0. The number of aliphatic carboxylic acids is 1. The number of hydrogen-bond acceptors (Lipinski definition) is 3. The van der Waals surface area contributed by atoms with Crippen molar-refractivity contribution >= 4 is 46.4 Å². The standard InChI is InChI=1S/C12H10Cl2N2O3S/c1-16-7(5-6(13)10(16)14)11(17)15-9(12(18)19)8-3-2-4-20-8/h2-5,9H,1H3,(H,15,17)(H,18,19). The molecule has 20 heavy (non-hydrogen) atoms. The summed E-state index contributed by atoms with van der Waals surface area (Å²) in [6.07, 6.45) is 0. The van der Waals surface area contributed by atoms with Gasteiger partial charge in [-0.2, -0.15) is 0 Å². The third-order valence-corrected chi connectivity index (χ3v) is 4.48. The smallest absolute Gasteiger partial charge is 0.331 e. The van der Waals surface area contributed by atoms with E-state index in [0.29, 0.717) is 4.88 Å². The van der Waals surface area contributed by atoms with Gasteiger partial charge in [-0.25, -0.2) is 4.79 Å². The predicted octanol–water partition coefficient (Wildman–Crippen LogP) is 2.95. The van der Waals surface area contributed by atoms with Crippen molar-refractivity contribution in [1.29, 1.82) is 0 Å². The van der Waals surface area contributed by atoms with Gasteiger partial charge in [0.15, 0.2) is 6.04 Å². The van der Waals surface area contributed by atoms with E-state index in [1.165, 1.54) is 22.0 Å². The number of rotatable bonds is 4. The number of hydrogen-bond donors (Lipinski definition) is 2. The van der Waals surface area contributed by atoms with Crippen LogP contribution in [0.25, 0.3) is 0 Å². The second kappa shape index (κ2) is 5.87. The molecule has 2 aromatic rings. The lowest BCUT2D eigenvalue weighted by atomic mass is 10.2. The van der Waals surface area contributed by atoms with Crippen LogP contribution >= 0.6 is 34.5 Å². The third kappa shape index (κ3) is 2.82. The Hall–Kier alpha value is -1.50. The summed E-state index contributed by atoms with van der Waals surface area (Å²) < 4.78 is 1.40. The van der Waals surface area contributed by atoms with Crippen LogP contribution in [0.2, 0.25) is 10.2 Å². The van der Waals surface area contributed by atoms with Gasteiger partial charge < -0.3 is 15.0 Å². The van der Waals surface area contributed by atoms with Gasteiger partial charge in [0.25, 0.3) is 5.91 Å². The van der Waals surface area contributed by atoms with Gasteiger partial charge in [-0.05, 0) is 17.5 Å². The van der Waals surface area contributed by atoms with Crippen molar-refractivity contribution in [2.75, 3.05) is 0 Å². The van der Waals surface area contributed by atoms with Crippen molar-refractivity contribution in [3.05, 3.63) is 44.3 Å². The maximum absolute atomic E-state index is 12.1. The lowest BCUT2D eigenvalue weighted by Gasteiger charge is -2.13. The van der Waals surface area contributed by atoms with Crippen molar-refractivity contribution in [3.63, 3.8) is 0 Å². The molecule has 0 bridgehead atoms. The van der Waals surface area contributed by atoms with E-state index in [9.17, 15) is 14.7 Å². The molecule has 0 saturated carbocycles. The Kier molecular flexibility index (Phi) is 4.37. The van der Waals surface area contributed by atoms with Gasteiger partial charge in [0, 0.05) is 11.9 Å². The van der Waals surface area contributed by atoms with Crippen LogP contribution < -0.4 is 5.32 Å². The van der Waals surface area contributed by atoms with Crippen molar-refractivity contribution in [2.24, 2.45) is 7.05 Å². The highest BCUT2D eigenvalue weighted by molar-refractivity contribution is 7.10. The summed E-state index contributed by atoms with van der Waals surface area (Å²) in [5.74, 6) is -1.69.